The SMILES string of the molecule is CCOC(=O)C(C#N)c1ccccc1S(C)(=O)=O. The molecular formula is C12H13NO4S. The van der Waals surface area contributed by atoms with Crippen LogP contribution in [0.15, 0.2) is 29.2 Å². The molecule has 1 aromatic rings. The maximum absolute atomic E-state index is 11.6. The van der Waals surface area contributed by atoms with Crippen LogP contribution in [0, 0.1) is 11.3 Å². The van der Waals surface area contributed by atoms with Crippen molar-refractivity contribution in [3.8, 4) is 6.07 Å². The zero-order chi connectivity index (χ0) is 13.8. The smallest absolute Gasteiger partial charge is 0.327 e. The molecule has 0 aliphatic carbocycles. The van der Waals surface area contributed by atoms with Crippen molar-refractivity contribution >= 4 is 15.8 Å². The zero-order valence-electron chi connectivity index (χ0n) is 10.1. The lowest BCUT2D eigenvalue weighted by Crippen LogP contribution is -2.17. The van der Waals surface area contributed by atoms with Gasteiger partial charge in [0, 0.05) is 6.26 Å². The number of hydrogen-bond acceptors (Lipinski definition) is 5. The second-order valence-corrected chi connectivity index (χ2v) is 5.61. The molecule has 1 unspecified atom stereocenters. The highest BCUT2D eigenvalue weighted by atomic mass is 32.2. The van der Waals surface area contributed by atoms with Crippen LogP contribution in [0.3, 0.4) is 0 Å². The Morgan fingerprint density at radius 3 is 2.56 bits per heavy atom. The van der Waals surface area contributed by atoms with Crippen molar-refractivity contribution in [1.29, 1.82) is 5.26 Å². The van der Waals surface area contributed by atoms with E-state index in [0.717, 1.165) is 6.26 Å². The molecule has 96 valence electrons. The fraction of sp³-hybridized carbons (Fsp3) is 0.333. The molecule has 0 fully saturated rings. The summed E-state index contributed by atoms with van der Waals surface area (Å²) in [6.07, 6.45) is 1.03. The number of ether oxygens (including phenoxy) is 1. The van der Waals surface area contributed by atoms with Crippen LogP contribution in [-0.4, -0.2) is 27.2 Å². The van der Waals surface area contributed by atoms with Crippen LogP contribution in [0.4, 0.5) is 0 Å². The van der Waals surface area contributed by atoms with Crippen LogP contribution in [0.25, 0.3) is 0 Å². The zero-order valence-corrected chi connectivity index (χ0v) is 10.9. The number of hydrogen-bond donors (Lipinski definition) is 0. The summed E-state index contributed by atoms with van der Waals surface area (Å²) in [5, 5.41) is 9.02. The van der Waals surface area contributed by atoms with E-state index < -0.39 is 21.7 Å². The van der Waals surface area contributed by atoms with Gasteiger partial charge in [-0.05, 0) is 18.6 Å². The van der Waals surface area contributed by atoms with Gasteiger partial charge >= 0.3 is 5.97 Å². The number of benzene rings is 1. The van der Waals surface area contributed by atoms with Crippen molar-refractivity contribution in [1.82, 2.24) is 0 Å². The van der Waals surface area contributed by atoms with E-state index in [0.29, 0.717) is 0 Å². The molecule has 0 saturated carbocycles. The van der Waals surface area contributed by atoms with E-state index in [1.807, 2.05) is 0 Å². The van der Waals surface area contributed by atoms with Crippen molar-refractivity contribution in [2.75, 3.05) is 12.9 Å². The fourth-order valence-corrected chi connectivity index (χ4v) is 2.47. The number of carbonyl (C=O) groups is 1. The molecule has 0 aliphatic rings. The number of esters is 1. The van der Waals surface area contributed by atoms with E-state index in [-0.39, 0.29) is 17.1 Å². The quantitative estimate of drug-likeness (QED) is 0.767. The molecule has 1 aromatic carbocycles. The minimum absolute atomic E-state index is 0.0235. The summed E-state index contributed by atoms with van der Waals surface area (Å²) in [5.41, 5.74) is 0.154. The first-order valence-corrected chi connectivity index (χ1v) is 7.16. The lowest BCUT2D eigenvalue weighted by molar-refractivity contribution is -0.143. The van der Waals surface area contributed by atoms with Crippen molar-refractivity contribution in [2.45, 2.75) is 17.7 Å². The monoisotopic (exact) mass is 267 g/mol. The van der Waals surface area contributed by atoms with Gasteiger partial charge in [-0.3, -0.25) is 4.79 Å². The van der Waals surface area contributed by atoms with Gasteiger partial charge in [0.2, 0.25) is 0 Å². The molecule has 18 heavy (non-hydrogen) atoms. The maximum atomic E-state index is 11.6. The fourth-order valence-electron chi connectivity index (χ4n) is 1.53. The summed E-state index contributed by atoms with van der Waals surface area (Å²) >= 11 is 0. The predicted molar refractivity (Wildman–Crippen MR) is 64.5 cm³/mol. The van der Waals surface area contributed by atoms with E-state index in [2.05, 4.69) is 0 Å². The van der Waals surface area contributed by atoms with Crippen LogP contribution >= 0.6 is 0 Å². The van der Waals surface area contributed by atoms with Gasteiger partial charge in [-0.25, -0.2) is 8.42 Å². The molecule has 5 nitrogen and oxygen atoms in total. The molecule has 6 heteroatoms. The van der Waals surface area contributed by atoms with Crippen molar-refractivity contribution in [2.24, 2.45) is 0 Å². The topological polar surface area (TPSA) is 84.2 Å². The van der Waals surface area contributed by atoms with Crippen LogP contribution in [0.2, 0.25) is 0 Å². The van der Waals surface area contributed by atoms with Crippen LogP contribution in [0.5, 0.6) is 0 Å². The van der Waals surface area contributed by atoms with Gasteiger partial charge in [-0.15, -0.1) is 0 Å². The summed E-state index contributed by atoms with van der Waals surface area (Å²) in [4.78, 5) is 11.6. The van der Waals surface area contributed by atoms with Gasteiger partial charge in [0.1, 0.15) is 0 Å². The summed E-state index contributed by atoms with van der Waals surface area (Å²) in [6, 6.07) is 7.71. The Bertz CT molecular complexity index is 586. The normalized spacial score (nSPS) is 12.5. The standard InChI is InChI=1S/C12H13NO4S/c1-3-17-12(14)10(8-13)9-6-4-5-7-11(9)18(2,15)16/h4-7,10H,3H2,1-2H3. The highest BCUT2D eigenvalue weighted by molar-refractivity contribution is 7.90. The van der Waals surface area contributed by atoms with E-state index in [1.54, 1.807) is 25.1 Å². The minimum atomic E-state index is -3.50. The van der Waals surface area contributed by atoms with Crippen molar-refractivity contribution in [3.05, 3.63) is 29.8 Å². The van der Waals surface area contributed by atoms with E-state index >= 15 is 0 Å². The Hall–Kier alpha value is -1.87. The average Bonchev–Trinajstić information content (AvgIpc) is 2.29. The molecule has 0 aromatic heterocycles. The average molecular weight is 267 g/mol. The molecule has 0 aliphatic heterocycles. The molecule has 0 saturated heterocycles. The van der Waals surface area contributed by atoms with Crippen LogP contribution in [0.1, 0.15) is 18.4 Å². The Morgan fingerprint density at radius 2 is 2.06 bits per heavy atom. The van der Waals surface area contributed by atoms with Gasteiger partial charge in [-0.2, -0.15) is 5.26 Å². The van der Waals surface area contributed by atoms with Crippen molar-refractivity contribution < 1.29 is 17.9 Å². The molecule has 0 N–H and O–H groups in total. The molecule has 0 spiro atoms. The number of sulfone groups is 1. The third-order valence-corrected chi connectivity index (χ3v) is 3.45. The summed E-state index contributed by atoms with van der Waals surface area (Å²) < 4.78 is 27.9. The molecule has 0 bridgehead atoms. The second-order valence-electron chi connectivity index (χ2n) is 3.62. The molecule has 0 heterocycles. The van der Waals surface area contributed by atoms with E-state index in [9.17, 15) is 13.2 Å². The summed E-state index contributed by atoms with van der Waals surface area (Å²) in [5.74, 6) is -1.97. The second kappa shape index (κ2) is 5.65. The summed E-state index contributed by atoms with van der Waals surface area (Å²) in [6.45, 7) is 1.76. The van der Waals surface area contributed by atoms with Gasteiger partial charge < -0.3 is 4.74 Å². The third-order valence-electron chi connectivity index (χ3n) is 2.28. The van der Waals surface area contributed by atoms with Gasteiger partial charge in [0.15, 0.2) is 15.8 Å². The molecule has 0 radical (unpaired) electrons. The Morgan fingerprint density at radius 1 is 1.44 bits per heavy atom. The van der Waals surface area contributed by atoms with E-state index in [1.165, 1.54) is 12.1 Å². The highest BCUT2D eigenvalue weighted by Crippen LogP contribution is 2.24. The largest absolute Gasteiger partial charge is 0.465 e. The number of carbonyl (C=O) groups excluding carboxylic acids is 1. The molecule has 0 amide bonds. The molecule has 1 atom stereocenters. The number of nitrogens with zero attached hydrogens (tertiary/aromatic N) is 1. The minimum Gasteiger partial charge on any atom is -0.465 e. The van der Waals surface area contributed by atoms with Crippen LogP contribution in [-0.2, 0) is 19.4 Å². The number of nitriles is 1. The Labute approximate surface area is 106 Å². The van der Waals surface area contributed by atoms with Crippen LogP contribution < -0.4 is 0 Å². The maximum Gasteiger partial charge on any atom is 0.327 e. The van der Waals surface area contributed by atoms with Gasteiger partial charge in [0.25, 0.3) is 0 Å². The van der Waals surface area contributed by atoms with Gasteiger partial charge in [-0.1, -0.05) is 18.2 Å². The molecular weight excluding hydrogens is 254 g/mol. The lowest BCUT2D eigenvalue weighted by Gasteiger charge is -2.12. The van der Waals surface area contributed by atoms with E-state index in [4.69, 9.17) is 10.00 Å². The summed E-state index contributed by atoms with van der Waals surface area (Å²) in [7, 11) is -3.50. The Kier molecular flexibility index (Phi) is 4.45. The molecule has 1 rings (SSSR count). The van der Waals surface area contributed by atoms with Gasteiger partial charge in [0.05, 0.1) is 17.6 Å². The first kappa shape index (κ1) is 14.2. The third kappa shape index (κ3) is 3.08. The first-order chi connectivity index (χ1) is 8.41. The highest BCUT2D eigenvalue weighted by Gasteiger charge is 2.27. The first-order valence-electron chi connectivity index (χ1n) is 5.27. The number of rotatable bonds is 4. The predicted octanol–water partition coefficient (Wildman–Crippen LogP) is 1.26. The Balaban J connectivity index is 3.32. The van der Waals surface area contributed by atoms with Crippen molar-refractivity contribution in [3.63, 3.8) is 0 Å². The lowest BCUT2D eigenvalue weighted by atomic mass is 10.0.